The van der Waals surface area contributed by atoms with Crippen molar-refractivity contribution in [3.05, 3.63) is 69.7 Å². The minimum absolute atomic E-state index is 0.180. The van der Waals surface area contributed by atoms with Crippen LogP contribution in [0.15, 0.2) is 48.5 Å². The minimum Gasteiger partial charge on any atom is -0.441 e. The van der Waals surface area contributed by atoms with E-state index >= 15 is 0 Å². The topological polar surface area (TPSA) is 50.8 Å². The second-order valence-electron chi connectivity index (χ2n) is 7.62. The smallest absolute Gasteiger partial charge is 0.407 e. The first-order valence-corrected chi connectivity index (χ1v) is 10.6. The molecule has 4 rings (SSSR count). The molecule has 2 aromatic rings. The second kappa shape index (κ2) is 8.92. The van der Waals surface area contributed by atoms with Crippen LogP contribution in [0, 0.1) is 0 Å². The van der Waals surface area contributed by atoms with Crippen LogP contribution in [0.4, 0.5) is 4.79 Å². The lowest BCUT2D eigenvalue weighted by atomic mass is 9.92. The van der Waals surface area contributed by atoms with E-state index in [1.807, 2.05) is 48.5 Å². The Hall–Kier alpha value is -1.79. The van der Waals surface area contributed by atoms with Crippen LogP contribution in [0.25, 0.3) is 0 Å². The number of amides is 1. The molecule has 7 heteroatoms. The number of hydrogen-bond donors (Lipinski definition) is 1. The van der Waals surface area contributed by atoms with Gasteiger partial charge in [0, 0.05) is 42.5 Å². The molecule has 0 atom stereocenters. The summed E-state index contributed by atoms with van der Waals surface area (Å²) in [6, 6.07) is 15.5. The Balaban J connectivity index is 1.35. The second-order valence-corrected chi connectivity index (χ2v) is 8.49. The summed E-state index contributed by atoms with van der Waals surface area (Å²) in [5, 5.41) is 4.18. The van der Waals surface area contributed by atoms with Crippen LogP contribution < -0.4 is 5.32 Å². The third kappa shape index (κ3) is 5.04. The van der Waals surface area contributed by atoms with Crippen LogP contribution >= 0.6 is 23.2 Å². The van der Waals surface area contributed by atoms with Crippen LogP contribution in [-0.4, -0.2) is 49.4 Å². The van der Waals surface area contributed by atoms with Gasteiger partial charge in [-0.2, -0.15) is 0 Å². The van der Waals surface area contributed by atoms with Gasteiger partial charge in [0.1, 0.15) is 11.7 Å². The van der Waals surface area contributed by atoms with Gasteiger partial charge >= 0.3 is 6.09 Å². The van der Waals surface area contributed by atoms with Gasteiger partial charge in [-0.15, -0.1) is 0 Å². The standard InChI is InChI=1S/C22H24Cl2N2O3/c23-18-5-1-16(2-6-18)20(17-3-7-19(24)8-4-17)28-14-13-26-11-9-22(10-12-26)15-25-21(27)29-22/h1-8,20H,9-15H2,(H,25,27). The van der Waals surface area contributed by atoms with Gasteiger partial charge in [-0.3, -0.25) is 0 Å². The molecule has 1 spiro atoms. The van der Waals surface area contributed by atoms with Crippen LogP contribution in [0.5, 0.6) is 0 Å². The Labute approximate surface area is 180 Å². The Bertz CT molecular complexity index is 789. The van der Waals surface area contributed by atoms with Crippen LogP contribution in [0.3, 0.4) is 0 Å². The largest absolute Gasteiger partial charge is 0.441 e. The Morgan fingerprint density at radius 3 is 2.03 bits per heavy atom. The molecule has 0 unspecified atom stereocenters. The highest BCUT2D eigenvalue weighted by atomic mass is 35.5. The molecule has 29 heavy (non-hydrogen) atoms. The lowest BCUT2D eigenvalue weighted by Gasteiger charge is -2.37. The third-order valence-electron chi connectivity index (χ3n) is 5.67. The van der Waals surface area contributed by atoms with E-state index in [0.717, 1.165) is 43.6 Å². The fourth-order valence-corrected chi connectivity index (χ4v) is 4.18. The van der Waals surface area contributed by atoms with Gasteiger partial charge in [0.05, 0.1) is 13.2 Å². The normalized spacial score (nSPS) is 18.8. The first kappa shape index (κ1) is 20.5. The number of carbonyl (C=O) groups excluding carboxylic acids is 1. The Morgan fingerprint density at radius 2 is 1.55 bits per heavy atom. The van der Waals surface area contributed by atoms with E-state index in [0.29, 0.717) is 23.2 Å². The van der Waals surface area contributed by atoms with Crippen molar-refractivity contribution in [3.8, 4) is 0 Å². The maximum atomic E-state index is 11.4. The molecule has 0 bridgehead atoms. The van der Waals surface area contributed by atoms with Crippen molar-refractivity contribution in [2.45, 2.75) is 24.5 Å². The number of carbonyl (C=O) groups is 1. The number of likely N-dealkylation sites (tertiary alicyclic amines) is 1. The fourth-order valence-electron chi connectivity index (χ4n) is 3.92. The summed E-state index contributed by atoms with van der Waals surface area (Å²) < 4.78 is 11.8. The van der Waals surface area contributed by atoms with E-state index in [1.54, 1.807) is 0 Å². The van der Waals surface area contributed by atoms with Gasteiger partial charge < -0.3 is 19.7 Å². The zero-order valence-corrected chi connectivity index (χ0v) is 17.6. The number of piperidine rings is 1. The molecule has 0 aliphatic carbocycles. The fraction of sp³-hybridized carbons (Fsp3) is 0.409. The van der Waals surface area contributed by atoms with Crippen LogP contribution in [0.1, 0.15) is 30.1 Å². The quantitative estimate of drug-likeness (QED) is 0.717. The van der Waals surface area contributed by atoms with Crippen molar-refractivity contribution in [1.82, 2.24) is 10.2 Å². The number of ether oxygens (including phenoxy) is 2. The summed E-state index contributed by atoms with van der Waals surface area (Å²) in [6.45, 7) is 3.83. The minimum atomic E-state index is -0.316. The summed E-state index contributed by atoms with van der Waals surface area (Å²) in [7, 11) is 0. The zero-order chi connectivity index (χ0) is 20.3. The van der Waals surface area contributed by atoms with Gasteiger partial charge in [-0.25, -0.2) is 4.79 Å². The third-order valence-corrected chi connectivity index (χ3v) is 6.17. The summed E-state index contributed by atoms with van der Waals surface area (Å²) in [6.07, 6.45) is 1.23. The van der Waals surface area contributed by atoms with E-state index in [1.165, 1.54) is 0 Å². The summed E-state index contributed by atoms with van der Waals surface area (Å²) in [5.74, 6) is 0. The molecule has 1 N–H and O–H groups in total. The average molecular weight is 435 g/mol. The Kier molecular flexibility index (Phi) is 6.30. The molecule has 2 aliphatic rings. The zero-order valence-electron chi connectivity index (χ0n) is 16.1. The molecule has 154 valence electrons. The molecular weight excluding hydrogens is 411 g/mol. The maximum Gasteiger partial charge on any atom is 0.407 e. The molecule has 2 saturated heterocycles. The van der Waals surface area contributed by atoms with E-state index in [9.17, 15) is 4.79 Å². The monoisotopic (exact) mass is 434 g/mol. The van der Waals surface area contributed by atoms with Gasteiger partial charge in [-0.1, -0.05) is 47.5 Å². The van der Waals surface area contributed by atoms with Crippen molar-refractivity contribution in [2.24, 2.45) is 0 Å². The maximum absolute atomic E-state index is 11.4. The number of halogens is 2. The molecule has 2 aromatic carbocycles. The van der Waals surface area contributed by atoms with E-state index in [4.69, 9.17) is 32.7 Å². The predicted molar refractivity (Wildman–Crippen MR) is 114 cm³/mol. The molecule has 0 saturated carbocycles. The van der Waals surface area contributed by atoms with E-state index < -0.39 is 0 Å². The number of alkyl carbamates (subject to hydrolysis) is 1. The van der Waals surface area contributed by atoms with E-state index in [-0.39, 0.29) is 17.8 Å². The van der Waals surface area contributed by atoms with Gasteiger partial charge in [-0.05, 0) is 35.4 Å². The average Bonchev–Trinajstić information content (AvgIpc) is 3.09. The number of hydrogen-bond acceptors (Lipinski definition) is 4. The van der Waals surface area contributed by atoms with Crippen molar-refractivity contribution in [2.75, 3.05) is 32.8 Å². The number of rotatable bonds is 6. The molecule has 2 fully saturated rings. The first-order chi connectivity index (χ1) is 14.0. The molecule has 2 aliphatic heterocycles. The van der Waals surface area contributed by atoms with Crippen LogP contribution in [0.2, 0.25) is 10.0 Å². The highest BCUT2D eigenvalue weighted by Crippen LogP contribution is 2.30. The van der Waals surface area contributed by atoms with Gasteiger partial charge in [0.25, 0.3) is 0 Å². The van der Waals surface area contributed by atoms with Gasteiger partial charge in [0.15, 0.2) is 0 Å². The van der Waals surface area contributed by atoms with Crippen LogP contribution in [-0.2, 0) is 9.47 Å². The summed E-state index contributed by atoms with van der Waals surface area (Å²) in [5.41, 5.74) is 1.79. The molecule has 0 radical (unpaired) electrons. The summed E-state index contributed by atoms with van der Waals surface area (Å²) in [4.78, 5) is 13.7. The number of benzene rings is 2. The molecule has 5 nitrogen and oxygen atoms in total. The molecule has 0 aromatic heterocycles. The predicted octanol–water partition coefficient (Wildman–Crippen LogP) is 4.67. The molecular formula is C22H24Cl2N2O3. The molecule has 2 heterocycles. The van der Waals surface area contributed by atoms with Crippen molar-refractivity contribution in [3.63, 3.8) is 0 Å². The number of nitrogens with one attached hydrogen (secondary N) is 1. The van der Waals surface area contributed by atoms with Crippen molar-refractivity contribution in [1.29, 1.82) is 0 Å². The highest BCUT2D eigenvalue weighted by molar-refractivity contribution is 6.30. The van der Waals surface area contributed by atoms with Gasteiger partial charge in [0.2, 0.25) is 0 Å². The number of nitrogens with zero attached hydrogens (tertiary/aromatic N) is 1. The first-order valence-electron chi connectivity index (χ1n) is 9.85. The van der Waals surface area contributed by atoms with Crippen molar-refractivity contribution < 1.29 is 14.3 Å². The van der Waals surface area contributed by atoms with E-state index in [2.05, 4.69) is 10.2 Å². The Morgan fingerprint density at radius 1 is 1.00 bits per heavy atom. The highest BCUT2D eigenvalue weighted by Gasteiger charge is 2.42. The lowest BCUT2D eigenvalue weighted by molar-refractivity contribution is -0.0105. The lowest BCUT2D eigenvalue weighted by Crippen LogP contribution is -2.47. The molecule has 1 amide bonds. The van der Waals surface area contributed by atoms with Crippen molar-refractivity contribution >= 4 is 29.3 Å². The SMILES string of the molecule is O=C1NCC2(CCN(CCOC(c3ccc(Cl)cc3)c3ccc(Cl)cc3)CC2)O1. The summed E-state index contributed by atoms with van der Waals surface area (Å²) >= 11 is 12.1.